The topological polar surface area (TPSA) is 123 Å². The molecule has 0 aromatic carbocycles. The van der Waals surface area contributed by atoms with Crippen LogP contribution in [0.2, 0.25) is 0 Å². The zero-order chi connectivity index (χ0) is 17.3. The zero-order valence-corrected chi connectivity index (χ0v) is 14.1. The SMILES string of the molecule is CC(C)(C)OC(=O)NCC1(NS(=O)(=O)N2CCOC2=O)COC1. The second kappa shape index (κ2) is 6.13. The van der Waals surface area contributed by atoms with Gasteiger partial charge in [-0.1, -0.05) is 0 Å². The lowest BCUT2D eigenvalue weighted by atomic mass is 9.99. The Morgan fingerprint density at radius 3 is 2.48 bits per heavy atom. The van der Waals surface area contributed by atoms with Gasteiger partial charge in [0.15, 0.2) is 0 Å². The summed E-state index contributed by atoms with van der Waals surface area (Å²) in [4.78, 5) is 23.1. The molecule has 0 atom stereocenters. The van der Waals surface area contributed by atoms with E-state index in [9.17, 15) is 18.0 Å². The van der Waals surface area contributed by atoms with Crippen molar-refractivity contribution in [2.75, 3.05) is 32.9 Å². The molecule has 0 aromatic rings. The van der Waals surface area contributed by atoms with E-state index in [0.29, 0.717) is 4.31 Å². The van der Waals surface area contributed by atoms with Gasteiger partial charge in [-0.25, -0.2) is 9.59 Å². The normalized spacial score (nSPS) is 20.7. The molecule has 2 N–H and O–H groups in total. The summed E-state index contributed by atoms with van der Waals surface area (Å²) in [6.45, 7) is 5.24. The lowest BCUT2D eigenvalue weighted by molar-refractivity contribution is -0.0621. The number of ether oxygens (including phenoxy) is 3. The molecule has 2 heterocycles. The maximum Gasteiger partial charge on any atom is 0.424 e. The Balaban J connectivity index is 1.96. The summed E-state index contributed by atoms with van der Waals surface area (Å²) in [5, 5.41) is 2.50. The van der Waals surface area contributed by atoms with E-state index in [1.54, 1.807) is 20.8 Å². The van der Waals surface area contributed by atoms with Gasteiger partial charge in [-0.3, -0.25) is 0 Å². The fourth-order valence-corrected chi connectivity index (χ4v) is 3.44. The molecule has 132 valence electrons. The summed E-state index contributed by atoms with van der Waals surface area (Å²) in [7, 11) is -4.07. The Labute approximate surface area is 134 Å². The van der Waals surface area contributed by atoms with Crippen molar-refractivity contribution in [1.82, 2.24) is 14.3 Å². The predicted octanol–water partition coefficient (Wildman–Crippen LogP) is -0.433. The highest BCUT2D eigenvalue weighted by molar-refractivity contribution is 7.87. The maximum atomic E-state index is 12.2. The zero-order valence-electron chi connectivity index (χ0n) is 13.2. The molecule has 0 saturated carbocycles. The molecule has 2 aliphatic rings. The van der Waals surface area contributed by atoms with Crippen LogP contribution in [0.1, 0.15) is 20.8 Å². The molecular weight excluding hydrogens is 330 g/mol. The highest BCUT2D eigenvalue weighted by Gasteiger charge is 2.46. The second-order valence-electron chi connectivity index (χ2n) is 6.42. The predicted molar refractivity (Wildman–Crippen MR) is 77.9 cm³/mol. The lowest BCUT2D eigenvalue weighted by Crippen LogP contribution is -2.68. The van der Waals surface area contributed by atoms with Gasteiger partial charge in [0.05, 0.1) is 25.3 Å². The van der Waals surface area contributed by atoms with Gasteiger partial charge >= 0.3 is 22.4 Å². The third kappa shape index (κ3) is 4.45. The second-order valence-corrected chi connectivity index (χ2v) is 8.02. The largest absolute Gasteiger partial charge is 0.447 e. The van der Waals surface area contributed by atoms with Crippen LogP contribution in [0.5, 0.6) is 0 Å². The number of hydrogen-bond donors (Lipinski definition) is 2. The minimum absolute atomic E-state index is 0.0133. The number of carbonyl (C=O) groups excluding carboxylic acids is 2. The first kappa shape index (κ1) is 17.8. The van der Waals surface area contributed by atoms with Gasteiger partial charge in [0.25, 0.3) is 0 Å². The maximum absolute atomic E-state index is 12.2. The lowest BCUT2D eigenvalue weighted by Gasteiger charge is -2.42. The first-order chi connectivity index (χ1) is 10.5. The average molecular weight is 351 g/mol. The molecule has 2 aliphatic heterocycles. The number of carbonyl (C=O) groups is 2. The molecular formula is C12H21N3O7S. The standard InChI is InChI=1S/C12H21N3O7S/c1-11(2,3)22-9(16)13-6-12(7-20-8-12)14-23(18,19)15-4-5-21-10(15)17/h14H,4-8H2,1-3H3,(H,13,16). The molecule has 2 saturated heterocycles. The van der Waals surface area contributed by atoms with Gasteiger partial charge in [-0.2, -0.15) is 17.4 Å². The van der Waals surface area contributed by atoms with Crippen molar-refractivity contribution in [2.45, 2.75) is 31.9 Å². The van der Waals surface area contributed by atoms with Crippen molar-refractivity contribution >= 4 is 22.4 Å². The van der Waals surface area contributed by atoms with Gasteiger partial charge in [-0.15, -0.1) is 0 Å². The molecule has 10 nitrogen and oxygen atoms in total. The van der Waals surface area contributed by atoms with Crippen molar-refractivity contribution in [1.29, 1.82) is 0 Å². The van der Waals surface area contributed by atoms with Gasteiger partial charge in [0.1, 0.15) is 12.2 Å². The summed E-state index contributed by atoms with van der Waals surface area (Å²) < 4.78 is 42.3. The molecule has 0 bridgehead atoms. The van der Waals surface area contributed by atoms with Crippen LogP contribution < -0.4 is 10.0 Å². The number of rotatable bonds is 5. The third-order valence-corrected chi connectivity index (χ3v) is 4.69. The summed E-state index contributed by atoms with van der Waals surface area (Å²) in [6.07, 6.45) is -1.59. The molecule has 0 aliphatic carbocycles. The molecule has 2 rings (SSSR count). The van der Waals surface area contributed by atoms with E-state index in [1.807, 2.05) is 0 Å². The van der Waals surface area contributed by atoms with Crippen LogP contribution in [0.3, 0.4) is 0 Å². The van der Waals surface area contributed by atoms with Crippen LogP contribution >= 0.6 is 0 Å². The van der Waals surface area contributed by atoms with E-state index < -0.39 is 33.5 Å². The van der Waals surface area contributed by atoms with Crippen molar-refractivity contribution in [3.63, 3.8) is 0 Å². The van der Waals surface area contributed by atoms with Crippen molar-refractivity contribution in [2.24, 2.45) is 0 Å². The van der Waals surface area contributed by atoms with Crippen molar-refractivity contribution in [3.8, 4) is 0 Å². The Hall–Kier alpha value is -1.59. The molecule has 0 radical (unpaired) electrons. The molecule has 0 spiro atoms. The van der Waals surface area contributed by atoms with E-state index in [4.69, 9.17) is 9.47 Å². The highest BCUT2D eigenvalue weighted by atomic mass is 32.2. The van der Waals surface area contributed by atoms with Crippen LogP contribution in [-0.2, 0) is 24.4 Å². The molecule has 11 heteroatoms. The van der Waals surface area contributed by atoms with Gasteiger partial charge in [0.2, 0.25) is 0 Å². The van der Waals surface area contributed by atoms with Crippen molar-refractivity contribution in [3.05, 3.63) is 0 Å². The minimum atomic E-state index is -4.07. The smallest absolute Gasteiger partial charge is 0.424 e. The monoisotopic (exact) mass is 351 g/mol. The van der Waals surface area contributed by atoms with E-state index >= 15 is 0 Å². The van der Waals surface area contributed by atoms with E-state index in [0.717, 1.165) is 0 Å². The van der Waals surface area contributed by atoms with Gasteiger partial charge in [-0.05, 0) is 20.8 Å². The van der Waals surface area contributed by atoms with E-state index in [-0.39, 0.29) is 32.9 Å². The summed E-state index contributed by atoms with van der Waals surface area (Å²) >= 11 is 0. The van der Waals surface area contributed by atoms with Crippen LogP contribution in [-0.4, -0.2) is 69.0 Å². The fourth-order valence-electron chi connectivity index (χ4n) is 2.03. The fraction of sp³-hybridized carbons (Fsp3) is 0.833. The summed E-state index contributed by atoms with van der Waals surface area (Å²) in [5.41, 5.74) is -1.68. The van der Waals surface area contributed by atoms with Crippen molar-refractivity contribution < 1.29 is 32.2 Å². The summed E-state index contributed by atoms with van der Waals surface area (Å²) in [6, 6.07) is 0. The molecule has 0 unspecified atom stereocenters. The first-order valence-corrected chi connectivity index (χ1v) is 8.50. The molecule has 2 amide bonds. The Morgan fingerprint density at radius 2 is 2.04 bits per heavy atom. The van der Waals surface area contributed by atoms with Crippen LogP contribution in [0.15, 0.2) is 0 Å². The average Bonchev–Trinajstić information content (AvgIpc) is 2.77. The van der Waals surface area contributed by atoms with Crippen LogP contribution in [0.25, 0.3) is 0 Å². The number of nitrogens with zero attached hydrogens (tertiary/aromatic N) is 1. The number of alkyl carbamates (subject to hydrolysis) is 1. The highest BCUT2D eigenvalue weighted by Crippen LogP contribution is 2.20. The Kier molecular flexibility index (Phi) is 4.74. The minimum Gasteiger partial charge on any atom is -0.447 e. The third-order valence-electron chi connectivity index (χ3n) is 3.09. The van der Waals surface area contributed by atoms with Gasteiger partial charge in [0, 0.05) is 6.54 Å². The van der Waals surface area contributed by atoms with E-state index in [2.05, 4.69) is 14.8 Å². The molecule has 2 fully saturated rings. The van der Waals surface area contributed by atoms with E-state index in [1.165, 1.54) is 0 Å². The molecule has 23 heavy (non-hydrogen) atoms. The number of amides is 2. The molecule has 0 aromatic heterocycles. The number of cyclic esters (lactones) is 1. The first-order valence-electron chi connectivity index (χ1n) is 7.06. The number of nitrogens with one attached hydrogen (secondary N) is 2. The van der Waals surface area contributed by atoms with Crippen LogP contribution in [0.4, 0.5) is 9.59 Å². The number of hydrogen-bond acceptors (Lipinski definition) is 7. The quantitative estimate of drug-likeness (QED) is 0.688. The van der Waals surface area contributed by atoms with Gasteiger partial charge < -0.3 is 19.5 Å². The summed E-state index contributed by atoms with van der Waals surface area (Å²) in [5.74, 6) is 0. The Bertz CT molecular complexity index is 580. The Morgan fingerprint density at radius 1 is 1.39 bits per heavy atom. The van der Waals surface area contributed by atoms with Crippen LogP contribution in [0, 0.1) is 0 Å².